The van der Waals surface area contributed by atoms with E-state index in [1.54, 1.807) is 12.1 Å². The minimum atomic E-state index is -0.901. The van der Waals surface area contributed by atoms with Gasteiger partial charge in [0.25, 0.3) is 0 Å². The maximum Gasteiger partial charge on any atom is 0.335 e. The predicted octanol–water partition coefficient (Wildman–Crippen LogP) is 2.40. The number of nitrogens with zero attached hydrogens (tertiary/aromatic N) is 3. The molecule has 0 saturated heterocycles. The number of carbonyl (C=O) groups is 2. The third-order valence-electron chi connectivity index (χ3n) is 5.67. The Bertz CT molecular complexity index is 855. The summed E-state index contributed by atoms with van der Waals surface area (Å²) in [6, 6.07) is 9.16. The van der Waals surface area contributed by atoms with E-state index in [2.05, 4.69) is 26.1 Å². The summed E-state index contributed by atoms with van der Waals surface area (Å²) < 4.78 is 2.05. The number of fused-ring (bicyclic) bond motifs is 1. The highest BCUT2D eigenvalue weighted by Crippen LogP contribution is 2.26. The molecule has 0 atom stereocenters. The summed E-state index contributed by atoms with van der Waals surface area (Å²) >= 11 is 0. The second-order valence-corrected chi connectivity index (χ2v) is 7.76. The summed E-state index contributed by atoms with van der Waals surface area (Å²) in [6.07, 6.45) is 4.18. The third-order valence-corrected chi connectivity index (χ3v) is 5.67. The van der Waals surface area contributed by atoms with E-state index >= 15 is 0 Å². The molecule has 148 valence electrons. The highest BCUT2D eigenvalue weighted by atomic mass is 16.4. The van der Waals surface area contributed by atoms with Gasteiger partial charge >= 0.3 is 5.97 Å². The van der Waals surface area contributed by atoms with Gasteiger partial charge in [0.2, 0.25) is 5.91 Å². The number of benzene rings is 1. The van der Waals surface area contributed by atoms with Crippen molar-refractivity contribution in [3.8, 4) is 0 Å². The van der Waals surface area contributed by atoms with Gasteiger partial charge in [0.1, 0.15) is 0 Å². The summed E-state index contributed by atoms with van der Waals surface area (Å²) in [5.74, 6) is -0.550. The van der Waals surface area contributed by atoms with Crippen LogP contribution in [0.4, 0.5) is 0 Å². The maximum absolute atomic E-state index is 12.0. The lowest BCUT2D eigenvalue weighted by Crippen LogP contribution is -2.34. The van der Waals surface area contributed by atoms with Crippen LogP contribution in [0, 0.1) is 5.92 Å². The molecule has 1 aromatic carbocycles. The molecule has 2 N–H and O–H groups in total. The van der Waals surface area contributed by atoms with E-state index in [-0.39, 0.29) is 11.8 Å². The van der Waals surface area contributed by atoms with Crippen LogP contribution in [0.15, 0.2) is 30.3 Å². The van der Waals surface area contributed by atoms with Crippen LogP contribution in [0.25, 0.3) is 0 Å². The number of aryl methyl sites for hydroxylation is 1. The number of carboxylic acids is 1. The van der Waals surface area contributed by atoms with Gasteiger partial charge < -0.3 is 10.4 Å². The summed E-state index contributed by atoms with van der Waals surface area (Å²) in [4.78, 5) is 25.4. The highest BCUT2D eigenvalue weighted by molar-refractivity contribution is 5.87. The van der Waals surface area contributed by atoms with E-state index in [1.165, 1.54) is 0 Å². The fourth-order valence-corrected chi connectivity index (χ4v) is 3.81. The zero-order valence-electron chi connectivity index (χ0n) is 15.9. The largest absolute Gasteiger partial charge is 0.478 e. The molecular weight excluding hydrogens is 356 g/mol. The van der Waals surface area contributed by atoms with Gasteiger partial charge in [-0.3, -0.25) is 14.4 Å². The van der Waals surface area contributed by atoms with Gasteiger partial charge in [-0.15, -0.1) is 0 Å². The van der Waals surface area contributed by atoms with Crippen molar-refractivity contribution in [2.24, 2.45) is 5.92 Å². The van der Waals surface area contributed by atoms with E-state index < -0.39 is 5.97 Å². The topological polar surface area (TPSA) is 87.5 Å². The molecule has 2 aromatic rings. The Morgan fingerprint density at radius 3 is 2.61 bits per heavy atom. The van der Waals surface area contributed by atoms with Gasteiger partial charge in [-0.25, -0.2) is 4.79 Å². The standard InChI is InChI=1S/C21H26N4O3/c26-20(16-3-1-4-16)22-12-18-11-19-14-24(9-2-10-25(19)23-18)13-15-5-7-17(8-6-15)21(27)28/h5-8,11,16H,1-4,9-10,12-14H2,(H,22,26)(H,27,28). The van der Waals surface area contributed by atoms with Crippen molar-refractivity contribution in [1.29, 1.82) is 0 Å². The molecule has 7 nitrogen and oxygen atoms in total. The summed E-state index contributed by atoms with van der Waals surface area (Å²) in [5, 5.41) is 16.7. The summed E-state index contributed by atoms with van der Waals surface area (Å²) in [5.41, 5.74) is 3.49. The van der Waals surface area contributed by atoms with Gasteiger partial charge in [-0.2, -0.15) is 5.10 Å². The SMILES string of the molecule is O=C(O)c1ccc(CN2CCCn3nc(CNC(=O)C4CCC4)cc3C2)cc1. The number of hydrogen-bond acceptors (Lipinski definition) is 4. The zero-order chi connectivity index (χ0) is 19.5. The number of carboxylic acid groups (broad SMARTS) is 1. The van der Waals surface area contributed by atoms with Crippen LogP contribution in [-0.2, 0) is 31.0 Å². The normalized spacial score (nSPS) is 17.4. The molecule has 1 aliphatic carbocycles. The van der Waals surface area contributed by atoms with Gasteiger partial charge in [0.15, 0.2) is 0 Å². The van der Waals surface area contributed by atoms with Crippen LogP contribution in [0.5, 0.6) is 0 Å². The number of aromatic nitrogens is 2. The van der Waals surface area contributed by atoms with Gasteiger partial charge in [0, 0.05) is 32.1 Å². The van der Waals surface area contributed by atoms with Crippen LogP contribution in [0.3, 0.4) is 0 Å². The second kappa shape index (κ2) is 8.14. The Labute approximate surface area is 164 Å². The van der Waals surface area contributed by atoms with E-state index in [0.29, 0.717) is 12.1 Å². The Balaban J connectivity index is 1.36. The average molecular weight is 382 g/mol. The molecule has 1 amide bonds. The van der Waals surface area contributed by atoms with Crippen LogP contribution in [-0.4, -0.2) is 38.2 Å². The van der Waals surface area contributed by atoms with Gasteiger partial charge in [0.05, 0.1) is 23.5 Å². The first-order valence-electron chi connectivity index (χ1n) is 9.96. The molecule has 0 spiro atoms. The second-order valence-electron chi connectivity index (χ2n) is 7.76. The number of amides is 1. The van der Waals surface area contributed by atoms with Crippen LogP contribution in [0.1, 0.15) is 53.0 Å². The third kappa shape index (κ3) is 4.25. The molecule has 0 unspecified atom stereocenters. The maximum atomic E-state index is 12.0. The van der Waals surface area contributed by atoms with Crippen LogP contribution in [0.2, 0.25) is 0 Å². The Morgan fingerprint density at radius 2 is 1.93 bits per heavy atom. The van der Waals surface area contributed by atoms with E-state index in [1.807, 2.05) is 12.1 Å². The predicted molar refractivity (Wildman–Crippen MR) is 104 cm³/mol. The molecular formula is C21H26N4O3. The van der Waals surface area contributed by atoms with E-state index in [0.717, 1.165) is 68.8 Å². The van der Waals surface area contributed by atoms with Crippen molar-refractivity contribution in [2.75, 3.05) is 6.54 Å². The quantitative estimate of drug-likeness (QED) is 0.801. The fraction of sp³-hybridized carbons (Fsp3) is 0.476. The number of rotatable bonds is 6. The molecule has 1 aromatic heterocycles. The van der Waals surface area contributed by atoms with Crippen molar-refractivity contribution < 1.29 is 14.7 Å². The molecule has 0 bridgehead atoms. The Hall–Kier alpha value is -2.67. The molecule has 7 heteroatoms. The number of hydrogen-bond donors (Lipinski definition) is 2. The van der Waals surface area contributed by atoms with E-state index in [9.17, 15) is 9.59 Å². The Morgan fingerprint density at radius 1 is 1.14 bits per heavy atom. The molecule has 1 fully saturated rings. The first kappa shape index (κ1) is 18.7. The van der Waals surface area contributed by atoms with Crippen LogP contribution < -0.4 is 5.32 Å². The van der Waals surface area contributed by atoms with Gasteiger partial charge in [-0.1, -0.05) is 18.6 Å². The molecule has 28 heavy (non-hydrogen) atoms. The minimum Gasteiger partial charge on any atom is -0.478 e. The fourth-order valence-electron chi connectivity index (χ4n) is 3.81. The zero-order valence-corrected chi connectivity index (χ0v) is 15.9. The van der Waals surface area contributed by atoms with Crippen molar-refractivity contribution in [3.63, 3.8) is 0 Å². The molecule has 1 saturated carbocycles. The first-order chi connectivity index (χ1) is 13.6. The number of nitrogens with one attached hydrogen (secondary N) is 1. The van der Waals surface area contributed by atoms with Crippen molar-refractivity contribution in [1.82, 2.24) is 20.0 Å². The van der Waals surface area contributed by atoms with Crippen molar-refractivity contribution >= 4 is 11.9 Å². The Kier molecular flexibility index (Phi) is 5.43. The van der Waals surface area contributed by atoms with Crippen molar-refractivity contribution in [3.05, 3.63) is 52.8 Å². The van der Waals surface area contributed by atoms with E-state index in [4.69, 9.17) is 5.11 Å². The number of carbonyl (C=O) groups excluding carboxylic acids is 1. The molecule has 2 aliphatic rings. The summed E-state index contributed by atoms with van der Waals surface area (Å²) in [6.45, 7) is 3.91. The monoisotopic (exact) mass is 382 g/mol. The van der Waals surface area contributed by atoms with Crippen LogP contribution >= 0.6 is 0 Å². The smallest absolute Gasteiger partial charge is 0.335 e. The minimum absolute atomic E-state index is 0.154. The number of aromatic carboxylic acids is 1. The molecule has 0 radical (unpaired) electrons. The lowest BCUT2D eigenvalue weighted by atomic mass is 9.85. The molecule has 1 aliphatic heterocycles. The van der Waals surface area contributed by atoms with Gasteiger partial charge in [-0.05, 0) is 43.0 Å². The summed E-state index contributed by atoms with van der Waals surface area (Å²) in [7, 11) is 0. The van der Waals surface area contributed by atoms with Crippen molar-refractivity contribution in [2.45, 2.75) is 51.9 Å². The molecule has 2 heterocycles. The lowest BCUT2D eigenvalue weighted by Gasteiger charge is -2.23. The first-order valence-corrected chi connectivity index (χ1v) is 9.96. The molecule has 4 rings (SSSR count). The lowest BCUT2D eigenvalue weighted by molar-refractivity contribution is -0.127. The average Bonchev–Trinajstić information content (AvgIpc) is 2.91. The highest BCUT2D eigenvalue weighted by Gasteiger charge is 2.25.